The molecule has 0 heterocycles. The van der Waals surface area contributed by atoms with Crippen molar-refractivity contribution in [1.29, 1.82) is 0 Å². The third-order valence-corrected chi connectivity index (χ3v) is 7.26. The Morgan fingerprint density at radius 1 is 1.09 bits per heavy atom. The second-order valence-corrected chi connectivity index (χ2v) is 10.4. The number of benzene rings is 2. The van der Waals surface area contributed by atoms with Crippen molar-refractivity contribution in [2.75, 3.05) is 24.2 Å². The summed E-state index contributed by atoms with van der Waals surface area (Å²) >= 11 is 6.27. The SMILES string of the molecule is CNC(=O)[C@H](C)N(Cc1ccccc1Cl)C(=O)CCCN(c1cccc(C)c1C)S(C)(=O)=O. The Bertz CT molecular complexity index is 1100. The first-order valence-electron chi connectivity index (χ1n) is 10.8. The van der Waals surface area contributed by atoms with Crippen LogP contribution in [0.5, 0.6) is 0 Å². The van der Waals surface area contributed by atoms with Gasteiger partial charge >= 0.3 is 0 Å². The summed E-state index contributed by atoms with van der Waals surface area (Å²) in [6.45, 7) is 5.80. The molecule has 0 aromatic heterocycles. The maximum absolute atomic E-state index is 13.1. The molecule has 0 aliphatic rings. The van der Waals surface area contributed by atoms with Crippen LogP contribution in [0.15, 0.2) is 42.5 Å². The Morgan fingerprint density at radius 2 is 1.76 bits per heavy atom. The molecule has 0 spiro atoms. The lowest BCUT2D eigenvalue weighted by Crippen LogP contribution is -2.46. The molecule has 9 heteroatoms. The molecule has 2 aromatic rings. The number of amides is 2. The van der Waals surface area contributed by atoms with Gasteiger partial charge in [0.1, 0.15) is 6.04 Å². The van der Waals surface area contributed by atoms with E-state index >= 15 is 0 Å². The van der Waals surface area contributed by atoms with Gasteiger partial charge in [0.05, 0.1) is 11.9 Å². The second kappa shape index (κ2) is 11.5. The molecule has 0 aliphatic heterocycles. The van der Waals surface area contributed by atoms with E-state index in [0.29, 0.717) is 17.1 Å². The molecule has 2 amide bonds. The van der Waals surface area contributed by atoms with E-state index in [0.717, 1.165) is 22.9 Å². The zero-order valence-corrected chi connectivity index (χ0v) is 21.3. The minimum atomic E-state index is -3.54. The number of hydrogen-bond donors (Lipinski definition) is 1. The van der Waals surface area contributed by atoms with Crippen molar-refractivity contribution in [3.05, 3.63) is 64.2 Å². The highest BCUT2D eigenvalue weighted by Crippen LogP contribution is 2.26. The molecule has 1 N–H and O–H groups in total. The number of anilines is 1. The maximum Gasteiger partial charge on any atom is 0.242 e. The van der Waals surface area contributed by atoms with E-state index in [1.165, 1.54) is 16.3 Å². The van der Waals surface area contributed by atoms with Gasteiger partial charge in [-0.3, -0.25) is 13.9 Å². The molecule has 0 aliphatic carbocycles. The molecule has 33 heavy (non-hydrogen) atoms. The van der Waals surface area contributed by atoms with Gasteiger partial charge in [-0.2, -0.15) is 0 Å². The van der Waals surface area contributed by atoms with E-state index in [2.05, 4.69) is 5.32 Å². The Labute approximate surface area is 201 Å². The van der Waals surface area contributed by atoms with Gasteiger partial charge in [0.25, 0.3) is 0 Å². The Morgan fingerprint density at radius 3 is 2.36 bits per heavy atom. The van der Waals surface area contributed by atoms with Crippen LogP contribution in [0.2, 0.25) is 5.02 Å². The lowest BCUT2D eigenvalue weighted by Gasteiger charge is -2.29. The van der Waals surface area contributed by atoms with Crippen LogP contribution in [-0.4, -0.2) is 51.0 Å². The van der Waals surface area contributed by atoms with Gasteiger partial charge in [-0.15, -0.1) is 0 Å². The van der Waals surface area contributed by atoms with Crippen LogP contribution in [0.4, 0.5) is 5.69 Å². The first-order valence-corrected chi connectivity index (χ1v) is 13.0. The fourth-order valence-corrected chi connectivity index (χ4v) is 4.80. The Kier molecular flexibility index (Phi) is 9.31. The van der Waals surface area contributed by atoms with Crippen LogP contribution >= 0.6 is 11.6 Å². The third kappa shape index (κ3) is 6.95. The molecule has 0 unspecified atom stereocenters. The second-order valence-electron chi connectivity index (χ2n) is 8.06. The number of nitrogens with zero attached hydrogens (tertiary/aromatic N) is 2. The van der Waals surface area contributed by atoms with Crippen LogP contribution in [0.1, 0.15) is 36.5 Å². The van der Waals surface area contributed by atoms with Gasteiger partial charge < -0.3 is 10.2 Å². The third-order valence-electron chi connectivity index (χ3n) is 5.71. The minimum Gasteiger partial charge on any atom is -0.357 e. The van der Waals surface area contributed by atoms with Crippen LogP contribution in [-0.2, 0) is 26.2 Å². The molecule has 2 rings (SSSR count). The summed E-state index contributed by atoms with van der Waals surface area (Å²) in [7, 11) is -2.02. The first kappa shape index (κ1) is 26.7. The maximum atomic E-state index is 13.1. The standard InChI is InChI=1S/C24H32ClN3O4S/c1-17-10-8-13-22(18(17)2)28(33(5,31)32)15-9-14-23(29)27(19(3)24(30)26-4)16-20-11-6-7-12-21(20)25/h6-8,10-13,19H,9,14-16H2,1-5H3,(H,26,30)/t19-/m0/s1. The quantitative estimate of drug-likeness (QED) is 0.547. The Hall–Kier alpha value is -2.58. The predicted molar refractivity (Wildman–Crippen MR) is 133 cm³/mol. The molecule has 180 valence electrons. The largest absolute Gasteiger partial charge is 0.357 e. The van der Waals surface area contributed by atoms with Gasteiger partial charge in [-0.05, 0) is 56.0 Å². The highest BCUT2D eigenvalue weighted by molar-refractivity contribution is 7.92. The number of hydrogen-bond acceptors (Lipinski definition) is 4. The average molecular weight is 494 g/mol. The Balaban J connectivity index is 2.19. The van der Waals surface area contributed by atoms with Gasteiger partial charge in [-0.25, -0.2) is 8.42 Å². The number of halogens is 1. The number of rotatable bonds is 10. The van der Waals surface area contributed by atoms with Gasteiger partial charge in [0.2, 0.25) is 21.8 Å². The highest BCUT2D eigenvalue weighted by atomic mass is 35.5. The molecule has 1 atom stereocenters. The smallest absolute Gasteiger partial charge is 0.242 e. The zero-order valence-electron chi connectivity index (χ0n) is 19.8. The van der Waals surface area contributed by atoms with Crippen molar-refractivity contribution in [3.63, 3.8) is 0 Å². The zero-order chi connectivity index (χ0) is 24.8. The monoisotopic (exact) mass is 493 g/mol. The molecule has 0 bridgehead atoms. The number of nitrogens with one attached hydrogen (secondary N) is 1. The summed E-state index contributed by atoms with van der Waals surface area (Å²) in [4.78, 5) is 26.9. The van der Waals surface area contributed by atoms with Crippen LogP contribution < -0.4 is 9.62 Å². The molecule has 0 saturated carbocycles. The van der Waals surface area contributed by atoms with Gasteiger partial charge in [-0.1, -0.05) is 41.9 Å². The predicted octanol–water partition coefficient (Wildman–Crippen LogP) is 3.67. The minimum absolute atomic E-state index is 0.0860. The van der Waals surface area contributed by atoms with Gasteiger partial charge in [0, 0.05) is 31.6 Å². The molecular formula is C24H32ClN3O4S. The van der Waals surface area contributed by atoms with E-state index in [-0.39, 0.29) is 31.3 Å². The first-order chi connectivity index (χ1) is 15.5. The van der Waals surface area contributed by atoms with Crippen molar-refractivity contribution >= 4 is 39.1 Å². The summed E-state index contributed by atoms with van der Waals surface area (Å²) in [5.41, 5.74) is 3.21. The van der Waals surface area contributed by atoms with E-state index in [1.807, 2.05) is 38.1 Å². The summed E-state index contributed by atoms with van der Waals surface area (Å²) in [6, 6.07) is 12.0. The number of carbonyl (C=O) groups is 2. The molecular weight excluding hydrogens is 462 g/mol. The number of aryl methyl sites for hydroxylation is 1. The lowest BCUT2D eigenvalue weighted by molar-refractivity contribution is -0.140. The van der Waals surface area contributed by atoms with Crippen LogP contribution in [0.25, 0.3) is 0 Å². The molecule has 0 fully saturated rings. The topological polar surface area (TPSA) is 86.8 Å². The average Bonchev–Trinajstić information content (AvgIpc) is 2.76. The molecule has 0 saturated heterocycles. The number of sulfonamides is 1. The molecule has 0 radical (unpaired) electrons. The van der Waals surface area contributed by atoms with Gasteiger partial charge in [0.15, 0.2) is 0 Å². The van der Waals surface area contributed by atoms with Crippen molar-refractivity contribution in [3.8, 4) is 0 Å². The lowest BCUT2D eigenvalue weighted by atomic mass is 10.1. The fourth-order valence-electron chi connectivity index (χ4n) is 3.59. The summed E-state index contributed by atoms with van der Waals surface area (Å²) in [5, 5.41) is 3.09. The van der Waals surface area contributed by atoms with Crippen LogP contribution in [0, 0.1) is 13.8 Å². The van der Waals surface area contributed by atoms with E-state index in [4.69, 9.17) is 11.6 Å². The van der Waals surface area contributed by atoms with E-state index in [9.17, 15) is 18.0 Å². The van der Waals surface area contributed by atoms with Crippen molar-refractivity contribution in [2.45, 2.75) is 46.2 Å². The summed E-state index contributed by atoms with van der Waals surface area (Å²) in [6.07, 6.45) is 1.55. The molecule has 7 nitrogen and oxygen atoms in total. The summed E-state index contributed by atoms with van der Waals surface area (Å²) in [5.74, 6) is -0.538. The fraction of sp³-hybridized carbons (Fsp3) is 0.417. The number of carbonyl (C=O) groups excluding carboxylic acids is 2. The van der Waals surface area contributed by atoms with E-state index in [1.54, 1.807) is 25.1 Å². The van der Waals surface area contributed by atoms with Crippen molar-refractivity contribution < 1.29 is 18.0 Å². The highest BCUT2D eigenvalue weighted by Gasteiger charge is 2.26. The van der Waals surface area contributed by atoms with Crippen LogP contribution in [0.3, 0.4) is 0 Å². The number of likely N-dealkylation sites (N-methyl/N-ethyl adjacent to an activating group) is 1. The van der Waals surface area contributed by atoms with Crippen molar-refractivity contribution in [1.82, 2.24) is 10.2 Å². The summed E-state index contributed by atoms with van der Waals surface area (Å²) < 4.78 is 26.3. The normalized spacial score (nSPS) is 12.2. The molecule has 2 aromatic carbocycles. The van der Waals surface area contributed by atoms with Crippen molar-refractivity contribution in [2.24, 2.45) is 0 Å². The van der Waals surface area contributed by atoms with E-state index < -0.39 is 16.1 Å².